The second-order valence-corrected chi connectivity index (χ2v) is 3.37. The minimum absolute atomic E-state index is 0.528. The van der Waals surface area contributed by atoms with E-state index < -0.39 is 11.4 Å². The van der Waals surface area contributed by atoms with Crippen LogP contribution in [0.2, 0.25) is 0 Å². The molecule has 0 aromatic heterocycles. The predicted octanol–water partition coefficient (Wildman–Crippen LogP) is -0.340. The molecule has 0 spiro atoms. The van der Waals surface area contributed by atoms with Crippen LogP contribution in [-0.4, -0.2) is 37.8 Å². The van der Waals surface area contributed by atoms with Gasteiger partial charge in [-0.3, -0.25) is 4.79 Å². The molecule has 12 heavy (non-hydrogen) atoms. The van der Waals surface area contributed by atoms with Crippen LogP contribution in [0.25, 0.3) is 0 Å². The van der Waals surface area contributed by atoms with E-state index in [9.17, 15) is 4.79 Å². The maximum Gasteiger partial charge on any atom is 0.311 e. The molecule has 0 amide bonds. The number of hydrogen-bond acceptors (Lipinski definition) is 3. The summed E-state index contributed by atoms with van der Waals surface area (Å²) in [6.07, 6.45) is 1.45. The van der Waals surface area contributed by atoms with Crippen LogP contribution < -0.4 is 10.6 Å². The maximum atomic E-state index is 11.0. The summed E-state index contributed by atoms with van der Waals surface area (Å²) in [5.41, 5.74) is -0.528. The fourth-order valence-corrected chi connectivity index (χ4v) is 1.71. The monoisotopic (exact) mass is 172 g/mol. The molecule has 0 aliphatic carbocycles. The van der Waals surface area contributed by atoms with Crippen molar-refractivity contribution in [1.82, 2.24) is 10.6 Å². The van der Waals surface area contributed by atoms with Crippen LogP contribution in [0.3, 0.4) is 0 Å². The maximum absolute atomic E-state index is 11.0. The lowest BCUT2D eigenvalue weighted by Crippen LogP contribution is -2.47. The van der Waals surface area contributed by atoms with Crippen LogP contribution in [0.5, 0.6) is 0 Å². The molecular weight excluding hydrogens is 156 g/mol. The first-order valence-electron chi connectivity index (χ1n) is 4.30. The highest BCUT2D eigenvalue weighted by molar-refractivity contribution is 5.75. The van der Waals surface area contributed by atoms with Gasteiger partial charge in [0.2, 0.25) is 0 Å². The number of aliphatic carboxylic acids is 1. The summed E-state index contributed by atoms with van der Waals surface area (Å²) in [4.78, 5) is 11.0. The largest absolute Gasteiger partial charge is 0.481 e. The molecule has 1 heterocycles. The molecule has 0 saturated carbocycles. The SMILES string of the molecule is CNCC1(C(=O)O)CCNCC1. The molecule has 1 saturated heterocycles. The third-order valence-corrected chi connectivity index (χ3v) is 2.53. The van der Waals surface area contributed by atoms with Crippen molar-refractivity contribution in [2.75, 3.05) is 26.7 Å². The van der Waals surface area contributed by atoms with Crippen molar-refractivity contribution in [3.8, 4) is 0 Å². The standard InChI is InChI=1S/C8H16N2O2/c1-9-6-8(7(11)12)2-4-10-5-3-8/h9-10H,2-6H2,1H3,(H,11,12). The molecule has 4 nitrogen and oxygen atoms in total. The second-order valence-electron chi connectivity index (χ2n) is 3.37. The summed E-state index contributed by atoms with van der Waals surface area (Å²) in [6.45, 7) is 2.20. The van der Waals surface area contributed by atoms with E-state index in [2.05, 4.69) is 10.6 Å². The van der Waals surface area contributed by atoms with Crippen LogP contribution >= 0.6 is 0 Å². The molecule has 1 aliphatic rings. The molecule has 0 aromatic carbocycles. The highest BCUT2D eigenvalue weighted by Gasteiger charge is 2.38. The smallest absolute Gasteiger partial charge is 0.311 e. The molecule has 0 atom stereocenters. The predicted molar refractivity (Wildman–Crippen MR) is 46.1 cm³/mol. The molecule has 70 valence electrons. The third kappa shape index (κ3) is 1.76. The first-order valence-corrected chi connectivity index (χ1v) is 4.30. The summed E-state index contributed by atoms with van der Waals surface area (Å²) in [5, 5.41) is 15.2. The van der Waals surface area contributed by atoms with Crippen LogP contribution in [0.4, 0.5) is 0 Å². The number of carboxylic acids is 1. The molecule has 0 bridgehead atoms. The van der Waals surface area contributed by atoms with Gasteiger partial charge in [0.25, 0.3) is 0 Å². The Morgan fingerprint density at radius 2 is 2.17 bits per heavy atom. The minimum atomic E-state index is -0.668. The summed E-state index contributed by atoms with van der Waals surface area (Å²) in [5.74, 6) is -0.668. The quantitative estimate of drug-likeness (QED) is 0.545. The van der Waals surface area contributed by atoms with E-state index in [1.54, 1.807) is 7.05 Å². The number of nitrogens with one attached hydrogen (secondary N) is 2. The van der Waals surface area contributed by atoms with Gasteiger partial charge >= 0.3 is 5.97 Å². The number of hydrogen-bond donors (Lipinski definition) is 3. The van der Waals surface area contributed by atoms with E-state index in [-0.39, 0.29) is 0 Å². The molecule has 4 heteroatoms. The fraction of sp³-hybridized carbons (Fsp3) is 0.875. The van der Waals surface area contributed by atoms with Gasteiger partial charge in [-0.05, 0) is 33.0 Å². The Morgan fingerprint density at radius 1 is 1.58 bits per heavy atom. The van der Waals surface area contributed by atoms with E-state index >= 15 is 0 Å². The second kappa shape index (κ2) is 3.87. The van der Waals surface area contributed by atoms with Gasteiger partial charge in [0, 0.05) is 6.54 Å². The first kappa shape index (κ1) is 9.48. The van der Waals surface area contributed by atoms with E-state index in [4.69, 9.17) is 5.11 Å². The number of piperidine rings is 1. The van der Waals surface area contributed by atoms with Gasteiger partial charge in [0.15, 0.2) is 0 Å². The highest BCUT2D eigenvalue weighted by Crippen LogP contribution is 2.27. The summed E-state index contributed by atoms with van der Waals surface area (Å²) in [6, 6.07) is 0. The van der Waals surface area contributed by atoms with Crippen molar-refractivity contribution < 1.29 is 9.90 Å². The Balaban J connectivity index is 2.63. The van der Waals surface area contributed by atoms with E-state index in [1.807, 2.05) is 0 Å². The van der Waals surface area contributed by atoms with E-state index in [0.29, 0.717) is 6.54 Å². The molecule has 1 aliphatic heterocycles. The van der Waals surface area contributed by atoms with Crippen molar-refractivity contribution in [2.45, 2.75) is 12.8 Å². The van der Waals surface area contributed by atoms with Crippen LogP contribution in [0, 0.1) is 5.41 Å². The van der Waals surface area contributed by atoms with Gasteiger partial charge in [-0.15, -0.1) is 0 Å². The Kier molecular flexibility index (Phi) is 3.05. The summed E-state index contributed by atoms with van der Waals surface area (Å²) >= 11 is 0. The molecule has 0 radical (unpaired) electrons. The van der Waals surface area contributed by atoms with Crippen molar-refractivity contribution in [2.24, 2.45) is 5.41 Å². The lowest BCUT2D eigenvalue weighted by Gasteiger charge is -2.33. The highest BCUT2D eigenvalue weighted by atomic mass is 16.4. The van der Waals surface area contributed by atoms with Gasteiger partial charge in [0.1, 0.15) is 0 Å². The van der Waals surface area contributed by atoms with Crippen molar-refractivity contribution >= 4 is 5.97 Å². The number of carbonyl (C=O) groups is 1. The molecular formula is C8H16N2O2. The molecule has 0 aromatic rings. The average molecular weight is 172 g/mol. The van der Waals surface area contributed by atoms with Gasteiger partial charge in [-0.25, -0.2) is 0 Å². The number of rotatable bonds is 3. The molecule has 1 rings (SSSR count). The fourth-order valence-electron chi connectivity index (χ4n) is 1.71. The van der Waals surface area contributed by atoms with Gasteiger partial charge < -0.3 is 15.7 Å². The molecule has 1 fully saturated rings. The van der Waals surface area contributed by atoms with Crippen molar-refractivity contribution in [3.63, 3.8) is 0 Å². The Hall–Kier alpha value is -0.610. The van der Waals surface area contributed by atoms with Crippen LogP contribution in [-0.2, 0) is 4.79 Å². The van der Waals surface area contributed by atoms with Gasteiger partial charge in [-0.2, -0.15) is 0 Å². The van der Waals surface area contributed by atoms with Gasteiger partial charge in [0.05, 0.1) is 5.41 Å². The Labute approximate surface area is 72.3 Å². The summed E-state index contributed by atoms with van der Waals surface area (Å²) < 4.78 is 0. The third-order valence-electron chi connectivity index (χ3n) is 2.53. The normalized spacial score (nSPS) is 22.1. The van der Waals surface area contributed by atoms with E-state index in [1.165, 1.54) is 0 Å². The van der Waals surface area contributed by atoms with Crippen molar-refractivity contribution in [3.05, 3.63) is 0 Å². The average Bonchev–Trinajstić information content (AvgIpc) is 2.06. The summed E-state index contributed by atoms with van der Waals surface area (Å²) in [7, 11) is 1.80. The van der Waals surface area contributed by atoms with Gasteiger partial charge in [-0.1, -0.05) is 0 Å². The minimum Gasteiger partial charge on any atom is -0.481 e. The topological polar surface area (TPSA) is 61.4 Å². The molecule has 3 N–H and O–H groups in total. The lowest BCUT2D eigenvalue weighted by atomic mass is 9.79. The van der Waals surface area contributed by atoms with E-state index in [0.717, 1.165) is 25.9 Å². The first-order chi connectivity index (χ1) is 5.71. The Bertz CT molecular complexity index is 159. The lowest BCUT2D eigenvalue weighted by molar-refractivity contribution is -0.150. The zero-order valence-electron chi connectivity index (χ0n) is 7.39. The zero-order chi connectivity index (χ0) is 9.03. The van der Waals surface area contributed by atoms with Crippen molar-refractivity contribution in [1.29, 1.82) is 0 Å². The zero-order valence-corrected chi connectivity index (χ0v) is 7.39. The van der Waals surface area contributed by atoms with Crippen LogP contribution in [0.15, 0.2) is 0 Å². The van der Waals surface area contributed by atoms with Crippen LogP contribution in [0.1, 0.15) is 12.8 Å². The molecule has 0 unspecified atom stereocenters. The Morgan fingerprint density at radius 3 is 2.58 bits per heavy atom. The number of carboxylic acid groups (broad SMARTS) is 1.